The van der Waals surface area contributed by atoms with E-state index in [-0.39, 0.29) is 0 Å². The van der Waals surface area contributed by atoms with Crippen LogP contribution in [0.4, 0.5) is 11.4 Å². The molecule has 3 aromatic rings. The van der Waals surface area contributed by atoms with Gasteiger partial charge in [0.25, 0.3) is 0 Å². The predicted molar refractivity (Wildman–Crippen MR) is 135 cm³/mol. The summed E-state index contributed by atoms with van der Waals surface area (Å²) >= 11 is 6.31. The van der Waals surface area contributed by atoms with E-state index in [0.717, 1.165) is 28.5 Å². The van der Waals surface area contributed by atoms with E-state index in [4.69, 9.17) is 11.6 Å². The van der Waals surface area contributed by atoms with Gasteiger partial charge in [0.1, 0.15) is 0 Å². The van der Waals surface area contributed by atoms with Crippen LogP contribution >= 0.6 is 11.6 Å². The summed E-state index contributed by atoms with van der Waals surface area (Å²) in [6.07, 6.45) is 3.20. The highest BCUT2D eigenvalue weighted by Crippen LogP contribution is 2.48. The van der Waals surface area contributed by atoms with E-state index in [1.165, 1.54) is 33.5 Å². The van der Waals surface area contributed by atoms with Gasteiger partial charge in [-0.1, -0.05) is 61.8 Å². The van der Waals surface area contributed by atoms with Crippen LogP contribution in [0.2, 0.25) is 5.02 Å². The van der Waals surface area contributed by atoms with E-state index in [9.17, 15) is 0 Å². The molecule has 1 aliphatic heterocycles. The fourth-order valence-corrected chi connectivity index (χ4v) is 4.43. The summed E-state index contributed by atoms with van der Waals surface area (Å²) in [5.74, 6) is 0.307. The molecule has 2 nitrogen and oxygen atoms in total. The second kappa shape index (κ2) is 9.03. The van der Waals surface area contributed by atoms with Crippen molar-refractivity contribution in [2.24, 2.45) is 0 Å². The van der Waals surface area contributed by atoms with Crippen LogP contribution in [0.15, 0.2) is 84.2 Å². The highest BCUT2D eigenvalue weighted by molar-refractivity contribution is 6.30. The molecule has 0 amide bonds. The molecule has 0 radical (unpaired) electrons. The van der Waals surface area contributed by atoms with Gasteiger partial charge in [-0.3, -0.25) is 0 Å². The van der Waals surface area contributed by atoms with Crippen molar-refractivity contribution in [1.29, 1.82) is 0 Å². The molecule has 3 aromatic carbocycles. The van der Waals surface area contributed by atoms with Crippen LogP contribution in [0.5, 0.6) is 0 Å². The molecule has 0 spiro atoms. The Balaban J connectivity index is 0.00000112. The number of hydrogen-bond donors (Lipinski definition) is 2. The second-order valence-electron chi connectivity index (χ2n) is 7.90. The summed E-state index contributed by atoms with van der Waals surface area (Å²) in [7, 11) is 0. The highest BCUT2D eigenvalue weighted by Gasteiger charge is 2.32. The summed E-state index contributed by atoms with van der Waals surface area (Å²) in [5.41, 5.74) is 11.2. The molecule has 158 valence electrons. The minimum absolute atomic E-state index is 0.307. The second-order valence-corrected chi connectivity index (χ2v) is 8.33. The zero-order valence-electron chi connectivity index (χ0n) is 18.6. The van der Waals surface area contributed by atoms with Gasteiger partial charge in [0, 0.05) is 33.7 Å². The van der Waals surface area contributed by atoms with Crippen molar-refractivity contribution in [2.75, 3.05) is 10.6 Å². The zero-order valence-corrected chi connectivity index (χ0v) is 19.3. The Morgan fingerprint density at radius 3 is 2.42 bits per heavy atom. The summed E-state index contributed by atoms with van der Waals surface area (Å²) in [5, 5.41) is 8.04. The van der Waals surface area contributed by atoms with Crippen LogP contribution in [-0.2, 0) is 0 Å². The minimum Gasteiger partial charge on any atom is -0.358 e. The first kappa shape index (κ1) is 21.3. The lowest BCUT2D eigenvalue weighted by molar-refractivity contribution is 0.842. The van der Waals surface area contributed by atoms with E-state index in [2.05, 4.69) is 85.2 Å². The van der Waals surface area contributed by atoms with E-state index >= 15 is 0 Å². The molecule has 1 unspecified atom stereocenters. The topological polar surface area (TPSA) is 24.1 Å². The van der Waals surface area contributed by atoms with Crippen LogP contribution in [0, 0.1) is 13.8 Å². The summed E-state index contributed by atoms with van der Waals surface area (Å²) in [6, 6.07) is 23.3. The number of aryl methyl sites for hydroxylation is 2. The van der Waals surface area contributed by atoms with Gasteiger partial charge in [-0.25, -0.2) is 0 Å². The van der Waals surface area contributed by atoms with Crippen molar-refractivity contribution in [2.45, 2.75) is 40.0 Å². The normalized spacial score (nSPS) is 16.4. The molecule has 0 fully saturated rings. The van der Waals surface area contributed by atoms with Crippen LogP contribution in [0.25, 0.3) is 5.57 Å². The molecular weight excluding hydrogens is 400 g/mol. The Labute approximate surface area is 190 Å². The van der Waals surface area contributed by atoms with Crippen LogP contribution < -0.4 is 10.6 Å². The average molecular weight is 429 g/mol. The molecular formula is C28H29ClN2. The number of allylic oxidation sites excluding steroid dienone is 3. The molecule has 1 aliphatic carbocycles. The zero-order chi connectivity index (χ0) is 22.0. The lowest BCUT2D eigenvalue weighted by Gasteiger charge is -2.25. The maximum absolute atomic E-state index is 6.31. The van der Waals surface area contributed by atoms with Gasteiger partial charge >= 0.3 is 0 Å². The molecule has 0 saturated carbocycles. The Bertz CT molecular complexity index is 1160. The fraction of sp³-hybridized carbons (Fsp3) is 0.214. The third-order valence-electron chi connectivity index (χ3n) is 5.98. The molecule has 31 heavy (non-hydrogen) atoms. The monoisotopic (exact) mass is 428 g/mol. The molecule has 0 saturated heterocycles. The fourth-order valence-electron chi connectivity index (χ4n) is 4.25. The van der Waals surface area contributed by atoms with Gasteiger partial charge in [-0.2, -0.15) is 0 Å². The summed E-state index contributed by atoms with van der Waals surface area (Å²) in [6.45, 7) is 8.34. The molecule has 0 bridgehead atoms. The number of rotatable bonds is 3. The largest absolute Gasteiger partial charge is 0.358 e. The number of para-hydroxylation sites is 1. The third-order valence-corrected chi connectivity index (χ3v) is 6.22. The van der Waals surface area contributed by atoms with Crippen molar-refractivity contribution < 1.29 is 0 Å². The predicted octanol–water partition coefficient (Wildman–Crippen LogP) is 8.30. The van der Waals surface area contributed by atoms with Gasteiger partial charge in [-0.15, -0.1) is 0 Å². The standard InChI is InChI=1S/C26H23ClN2.C2H6/c1-16-8-9-18(12-17(16)2)21-14-23-22-13-19(27)10-11-24(22)29-26(23)15-25(21)28-20-6-4-3-5-7-20;1-2/h3-13,15,23,28-29H,14H2,1-2H3;1-2H3. The van der Waals surface area contributed by atoms with Crippen LogP contribution in [0.3, 0.4) is 0 Å². The van der Waals surface area contributed by atoms with Crippen LogP contribution in [0.1, 0.15) is 48.4 Å². The van der Waals surface area contributed by atoms with E-state index in [1.54, 1.807) is 0 Å². The number of anilines is 2. The molecule has 1 heterocycles. The maximum Gasteiger partial charge on any atom is 0.0440 e. The number of nitrogens with one attached hydrogen (secondary N) is 2. The van der Waals surface area contributed by atoms with Crippen molar-refractivity contribution in [3.63, 3.8) is 0 Å². The lowest BCUT2D eigenvalue weighted by atomic mass is 9.83. The minimum atomic E-state index is 0.307. The molecule has 2 N–H and O–H groups in total. The summed E-state index contributed by atoms with van der Waals surface area (Å²) < 4.78 is 0. The smallest absolute Gasteiger partial charge is 0.0440 e. The number of hydrogen-bond acceptors (Lipinski definition) is 2. The number of benzene rings is 3. The Hall–Kier alpha value is -2.97. The van der Waals surface area contributed by atoms with Crippen LogP contribution in [-0.4, -0.2) is 0 Å². The van der Waals surface area contributed by atoms with E-state index < -0.39 is 0 Å². The van der Waals surface area contributed by atoms with Crippen molar-refractivity contribution in [3.8, 4) is 0 Å². The maximum atomic E-state index is 6.31. The Morgan fingerprint density at radius 1 is 0.903 bits per heavy atom. The Kier molecular flexibility index (Phi) is 6.20. The molecule has 2 aliphatic rings. The quantitative estimate of drug-likeness (QED) is 0.438. The van der Waals surface area contributed by atoms with Crippen molar-refractivity contribution >= 4 is 28.5 Å². The average Bonchev–Trinajstić information content (AvgIpc) is 3.14. The number of halogens is 1. The van der Waals surface area contributed by atoms with Crippen molar-refractivity contribution in [3.05, 3.63) is 111 Å². The third kappa shape index (κ3) is 4.26. The molecule has 3 heteroatoms. The van der Waals surface area contributed by atoms with Gasteiger partial charge in [0.15, 0.2) is 0 Å². The van der Waals surface area contributed by atoms with Crippen molar-refractivity contribution in [1.82, 2.24) is 0 Å². The van der Waals surface area contributed by atoms with Gasteiger partial charge < -0.3 is 10.6 Å². The lowest BCUT2D eigenvalue weighted by Crippen LogP contribution is -2.13. The number of fused-ring (bicyclic) bond motifs is 3. The van der Waals surface area contributed by atoms with Gasteiger partial charge in [0.05, 0.1) is 0 Å². The molecule has 0 aromatic heterocycles. The first-order valence-electron chi connectivity index (χ1n) is 11.0. The van der Waals surface area contributed by atoms with E-state index in [1.807, 2.05) is 26.0 Å². The summed E-state index contributed by atoms with van der Waals surface area (Å²) in [4.78, 5) is 0. The highest BCUT2D eigenvalue weighted by atomic mass is 35.5. The first-order chi connectivity index (χ1) is 15.1. The van der Waals surface area contributed by atoms with Gasteiger partial charge in [0.2, 0.25) is 0 Å². The SMILES string of the molecule is CC.Cc1ccc(C2=C(Nc3ccccc3)C=C3Nc4ccc(Cl)cc4C3C2)cc1C. The first-order valence-corrected chi connectivity index (χ1v) is 11.4. The van der Waals surface area contributed by atoms with E-state index in [0.29, 0.717) is 5.92 Å². The Morgan fingerprint density at radius 2 is 1.68 bits per heavy atom. The molecule has 1 atom stereocenters. The molecule has 5 rings (SSSR count). The van der Waals surface area contributed by atoms with Gasteiger partial charge in [-0.05, 0) is 84.5 Å².